The van der Waals surface area contributed by atoms with Gasteiger partial charge in [-0.25, -0.2) is 0 Å². The van der Waals surface area contributed by atoms with Gasteiger partial charge in [-0.05, 0) is 56.4 Å². The molecule has 31 heavy (non-hydrogen) atoms. The molecule has 7 heteroatoms. The van der Waals surface area contributed by atoms with E-state index in [2.05, 4.69) is 20.2 Å². The van der Waals surface area contributed by atoms with Crippen LogP contribution in [0.3, 0.4) is 0 Å². The molecular weight excluding hydrogens is 392 g/mol. The van der Waals surface area contributed by atoms with Crippen molar-refractivity contribution in [3.05, 3.63) is 63.8 Å². The summed E-state index contributed by atoms with van der Waals surface area (Å²) in [6.07, 6.45) is 8.88. The zero-order chi connectivity index (χ0) is 21.4. The first-order valence-corrected chi connectivity index (χ1v) is 10.8. The molecule has 0 bridgehead atoms. The average Bonchev–Trinajstić information content (AvgIpc) is 2.79. The summed E-state index contributed by atoms with van der Waals surface area (Å²) in [5.41, 5.74) is 2.27. The number of H-pyrrole nitrogens is 1. The van der Waals surface area contributed by atoms with Gasteiger partial charge in [0.15, 0.2) is 5.78 Å². The van der Waals surface area contributed by atoms with Gasteiger partial charge in [0.25, 0.3) is 11.5 Å². The van der Waals surface area contributed by atoms with Crippen molar-refractivity contribution in [2.24, 2.45) is 0 Å². The summed E-state index contributed by atoms with van der Waals surface area (Å²) in [7, 11) is 0. The molecule has 7 nitrogen and oxygen atoms in total. The van der Waals surface area contributed by atoms with Gasteiger partial charge in [0.2, 0.25) is 0 Å². The molecule has 2 aliphatic rings. The topological polar surface area (TPSA) is 95.2 Å². The predicted molar refractivity (Wildman–Crippen MR) is 120 cm³/mol. The number of Topliss-reactive ketones (excluding diaryl/α,β-unsaturated/α-hetero) is 1. The maximum Gasteiger partial charge on any atom is 0.261 e. The van der Waals surface area contributed by atoms with E-state index in [1.54, 1.807) is 12.4 Å². The summed E-state index contributed by atoms with van der Waals surface area (Å²) in [5, 5.41) is 4.71. The van der Waals surface area contributed by atoms with Crippen molar-refractivity contribution in [2.45, 2.75) is 38.5 Å². The summed E-state index contributed by atoms with van der Waals surface area (Å²) < 4.78 is 0. The molecule has 0 saturated carbocycles. The molecule has 1 aromatic carbocycles. The molecule has 2 aromatic heterocycles. The van der Waals surface area contributed by atoms with E-state index in [0.29, 0.717) is 29.8 Å². The number of fused-ring (bicyclic) bond motifs is 2. The smallest absolute Gasteiger partial charge is 0.261 e. The molecule has 1 aliphatic heterocycles. The van der Waals surface area contributed by atoms with Crippen LogP contribution in [0, 0.1) is 0 Å². The Labute approximate surface area is 179 Å². The number of hydrogen-bond donors (Lipinski definition) is 2. The van der Waals surface area contributed by atoms with E-state index in [-0.39, 0.29) is 11.3 Å². The van der Waals surface area contributed by atoms with E-state index >= 15 is 0 Å². The Morgan fingerprint density at radius 3 is 2.68 bits per heavy atom. The lowest BCUT2D eigenvalue weighted by Crippen LogP contribution is -2.29. The van der Waals surface area contributed by atoms with Crippen molar-refractivity contribution in [3.8, 4) is 0 Å². The average molecular weight is 416 g/mol. The lowest BCUT2D eigenvalue weighted by atomic mass is 9.93. The van der Waals surface area contributed by atoms with Crippen LogP contribution < -0.4 is 15.8 Å². The normalized spacial score (nSPS) is 16.3. The number of aromatic amines is 1. The van der Waals surface area contributed by atoms with Gasteiger partial charge in [-0.1, -0.05) is 0 Å². The third-order valence-corrected chi connectivity index (χ3v) is 6.24. The fraction of sp³-hybridized carbons (Fsp3) is 0.333. The van der Waals surface area contributed by atoms with E-state index < -0.39 is 11.5 Å². The number of rotatable bonds is 3. The lowest BCUT2D eigenvalue weighted by Gasteiger charge is -2.30. The minimum Gasteiger partial charge on any atom is -0.371 e. The van der Waals surface area contributed by atoms with Crippen molar-refractivity contribution < 1.29 is 9.59 Å². The second-order valence-corrected chi connectivity index (χ2v) is 8.24. The molecule has 1 aliphatic carbocycles. The van der Waals surface area contributed by atoms with Crippen LogP contribution in [-0.2, 0) is 6.42 Å². The summed E-state index contributed by atoms with van der Waals surface area (Å²) in [5.74, 6) is -0.564. The van der Waals surface area contributed by atoms with E-state index in [1.165, 1.54) is 25.3 Å². The van der Waals surface area contributed by atoms with Gasteiger partial charge in [0.1, 0.15) is 5.56 Å². The Morgan fingerprint density at radius 1 is 1.00 bits per heavy atom. The highest BCUT2D eigenvalue weighted by Gasteiger charge is 2.23. The number of carbonyl (C=O) groups is 2. The highest BCUT2D eigenvalue weighted by Crippen LogP contribution is 2.33. The summed E-state index contributed by atoms with van der Waals surface area (Å²) in [6, 6.07) is 7.28. The number of amides is 1. The molecule has 2 N–H and O–H groups in total. The van der Waals surface area contributed by atoms with Crippen LogP contribution in [0.15, 0.2) is 41.5 Å². The molecule has 3 aromatic rings. The van der Waals surface area contributed by atoms with Gasteiger partial charge < -0.3 is 15.2 Å². The minimum absolute atomic E-state index is 0.0351. The predicted octanol–water partition coefficient (Wildman–Crippen LogP) is 3.68. The highest BCUT2D eigenvalue weighted by atomic mass is 16.2. The van der Waals surface area contributed by atoms with Crippen LogP contribution in [0.2, 0.25) is 0 Å². The number of hydrogen-bond acceptors (Lipinski definition) is 5. The molecule has 0 radical (unpaired) electrons. The summed E-state index contributed by atoms with van der Waals surface area (Å²) in [4.78, 5) is 47.1. The third-order valence-electron chi connectivity index (χ3n) is 6.24. The molecule has 158 valence electrons. The van der Waals surface area contributed by atoms with Crippen LogP contribution >= 0.6 is 0 Å². The van der Waals surface area contributed by atoms with Crippen molar-refractivity contribution in [3.63, 3.8) is 0 Å². The SMILES string of the molecule is O=C1CCCc2[nH]c(=O)c(C(=O)Nc3ccc(N4CCCCC4)c4ccncc34)cc21. The van der Waals surface area contributed by atoms with E-state index in [9.17, 15) is 14.4 Å². The first kappa shape index (κ1) is 19.5. The Morgan fingerprint density at radius 2 is 1.84 bits per heavy atom. The quantitative estimate of drug-likeness (QED) is 0.679. The van der Waals surface area contributed by atoms with Crippen molar-refractivity contribution in [1.29, 1.82) is 0 Å². The first-order valence-electron chi connectivity index (χ1n) is 10.8. The number of aromatic nitrogens is 2. The first-order chi connectivity index (χ1) is 15.1. The monoisotopic (exact) mass is 416 g/mol. The zero-order valence-corrected chi connectivity index (χ0v) is 17.2. The zero-order valence-electron chi connectivity index (χ0n) is 17.2. The van der Waals surface area contributed by atoms with Gasteiger partial charge in [0, 0.05) is 59.6 Å². The molecule has 0 atom stereocenters. The number of piperidine rings is 1. The van der Waals surface area contributed by atoms with Gasteiger partial charge in [-0.3, -0.25) is 19.4 Å². The highest BCUT2D eigenvalue weighted by molar-refractivity contribution is 6.12. The number of benzene rings is 1. The Kier molecular flexibility index (Phi) is 5.02. The molecule has 3 heterocycles. The van der Waals surface area contributed by atoms with E-state index in [0.717, 1.165) is 36.0 Å². The molecule has 1 fully saturated rings. The number of nitrogens with zero attached hydrogens (tertiary/aromatic N) is 2. The Balaban J connectivity index is 1.50. The molecule has 1 amide bonds. The second kappa shape index (κ2) is 7.98. The van der Waals surface area contributed by atoms with Crippen LogP contribution in [0.1, 0.15) is 58.5 Å². The third kappa shape index (κ3) is 3.60. The maximum absolute atomic E-state index is 13.0. The number of ketones is 1. The number of pyridine rings is 2. The summed E-state index contributed by atoms with van der Waals surface area (Å²) >= 11 is 0. The van der Waals surface area contributed by atoms with Crippen molar-refractivity contribution in [1.82, 2.24) is 9.97 Å². The van der Waals surface area contributed by atoms with Crippen LogP contribution in [0.5, 0.6) is 0 Å². The molecule has 5 rings (SSSR count). The van der Waals surface area contributed by atoms with Crippen molar-refractivity contribution >= 4 is 33.8 Å². The molecule has 0 unspecified atom stereocenters. The standard InChI is InChI=1S/C24H24N4O3/c29-22-6-4-5-19-16(22)13-17(23(30)26-19)24(31)27-20-7-8-21(28-11-2-1-3-12-28)15-9-10-25-14-18(15)20/h7-10,13-14H,1-6,11-12H2,(H,26,30)(H,27,31). The summed E-state index contributed by atoms with van der Waals surface area (Å²) in [6.45, 7) is 2.03. The second-order valence-electron chi connectivity index (χ2n) is 8.24. The maximum atomic E-state index is 13.0. The van der Waals surface area contributed by atoms with Gasteiger partial charge in [-0.15, -0.1) is 0 Å². The van der Waals surface area contributed by atoms with Gasteiger partial charge in [0.05, 0.1) is 5.69 Å². The van der Waals surface area contributed by atoms with Crippen LogP contribution in [0.25, 0.3) is 10.8 Å². The molecule has 1 saturated heterocycles. The van der Waals surface area contributed by atoms with E-state index in [1.807, 2.05) is 18.2 Å². The Hall–Kier alpha value is -3.48. The fourth-order valence-electron chi connectivity index (χ4n) is 4.63. The molecule has 0 spiro atoms. The number of anilines is 2. The Bertz CT molecular complexity index is 1240. The number of carbonyl (C=O) groups excluding carboxylic acids is 2. The number of nitrogens with one attached hydrogen (secondary N) is 2. The largest absolute Gasteiger partial charge is 0.371 e. The van der Waals surface area contributed by atoms with Crippen LogP contribution in [0.4, 0.5) is 11.4 Å². The van der Waals surface area contributed by atoms with Gasteiger partial charge >= 0.3 is 0 Å². The number of aryl methyl sites for hydroxylation is 1. The van der Waals surface area contributed by atoms with Crippen molar-refractivity contribution in [2.75, 3.05) is 23.3 Å². The minimum atomic E-state index is -0.529. The van der Waals surface area contributed by atoms with E-state index in [4.69, 9.17) is 0 Å². The fourth-order valence-corrected chi connectivity index (χ4v) is 4.63. The molecular formula is C24H24N4O3. The lowest BCUT2D eigenvalue weighted by molar-refractivity contribution is 0.0971. The van der Waals surface area contributed by atoms with Gasteiger partial charge in [-0.2, -0.15) is 0 Å². The van der Waals surface area contributed by atoms with Crippen LogP contribution in [-0.4, -0.2) is 34.7 Å².